The van der Waals surface area contributed by atoms with E-state index in [9.17, 15) is 18.0 Å². The van der Waals surface area contributed by atoms with Gasteiger partial charge in [0.15, 0.2) is 5.65 Å². The van der Waals surface area contributed by atoms with Crippen molar-refractivity contribution in [1.29, 1.82) is 0 Å². The highest BCUT2D eigenvalue weighted by Gasteiger charge is 2.27. The summed E-state index contributed by atoms with van der Waals surface area (Å²) in [7, 11) is 3.29. The van der Waals surface area contributed by atoms with Gasteiger partial charge in [-0.3, -0.25) is 14.0 Å². The van der Waals surface area contributed by atoms with Gasteiger partial charge in [-0.2, -0.15) is 23.3 Å². The summed E-state index contributed by atoms with van der Waals surface area (Å²) in [4.78, 5) is 26.3. The van der Waals surface area contributed by atoms with Gasteiger partial charge in [0.1, 0.15) is 23.5 Å². The van der Waals surface area contributed by atoms with Gasteiger partial charge in [-0.05, 0) is 24.3 Å². The first-order valence-corrected chi connectivity index (χ1v) is 10.4. The van der Waals surface area contributed by atoms with Crippen LogP contribution in [0.25, 0.3) is 39.0 Å². The molecule has 2 aromatic carbocycles. The topological polar surface area (TPSA) is 99.8 Å². The third-order valence-electron chi connectivity index (χ3n) is 5.25. The zero-order chi connectivity index (χ0) is 24.7. The summed E-state index contributed by atoms with van der Waals surface area (Å²) in [5.74, 6) is 0.208. The number of ether oxygens (including phenoxy) is 1. The Labute approximate surface area is 195 Å². The molecule has 12 heteroatoms. The van der Waals surface area contributed by atoms with Crippen LogP contribution in [0.1, 0.15) is 0 Å². The normalized spacial score (nSPS) is 11.8. The minimum absolute atomic E-state index is 0.0501. The number of aromatic nitrogens is 6. The fraction of sp³-hybridized carbons (Fsp3) is 0.174. The van der Waals surface area contributed by atoms with E-state index in [0.29, 0.717) is 17.0 Å². The molecule has 0 amide bonds. The van der Waals surface area contributed by atoms with Crippen LogP contribution in [0.15, 0.2) is 59.7 Å². The van der Waals surface area contributed by atoms with Crippen LogP contribution < -0.4 is 15.6 Å². The molecule has 5 aromatic rings. The summed E-state index contributed by atoms with van der Waals surface area (Å²) in [5, 5.41) is 7.30. The largest absolute Gasteiger partial charge is 0.497 e. The van der Waals surface area contributed by atoms with Crippen LogP contribution in [0, 0.1) is 0 Å². The third-order valence-corrected chi connectivity index (χ3v) is 5.25. The van der Waals surface area contributed by atoms with Crippen LogP contribution in [-0.2, 0) is 7.05 Å². The summed E-state index contributed by atoms with van der Waals surface area (Å²) < 4.78 is 46.3. The molecule has 0 radical (unpaired) electrons. The van der Waals surface area contributed by atoms with E-state index < -0.39 is 18.3 Å². The Bertz CT molecular complexity index is 1630. The Morgan fingerprint density at radius 3 is 2.69 bits per heavy atom. The van der Waals surface area contributed by atoms with Crippen molar-refractivity contribution < 1.29 is 17.9 Å². The standard InChI is InChI=1S/C23H18F3N7O2/c1-32-11-14-8-13(6-7-17(14)31-32)19-21(34)33(15-4-3-5-16(9-15)35-2)20-18(29-19)10-27-22(30-20)28-12-23(24,25)26/h3-11H,12H2,1-2H3,(H,27,28,30). The number of alkyl halides is 3. The van der Waals surface area contributed by atoms with Crippen LogP contribution in [0.3, 0.4) is 0 Å². The lowest BCUT2D eigenvalue weighted by molar-refractivity contribution is -0.115. The smallest absolute Gasteiger partial charge is 0.405 e. The van der Waals surface area contributed by atoms with Gasteiger partial charge in [-0.15, -0.1) is 0 Å². The summed E-state index contributed by atoms with van der Waals surface area (Å²) in [5.41, 5.74) is 1.62. The molecule has 0 saturated carbocycles. The molecule has 0 aliphatic rings. The number of methoxy groups -OCH3 is 1. The fourth-order valence-corrected chi connectivity index (χ4v) is 3.72. The SMILES string of the molecule is COc1cccc(-n2c(=O)c(-c3ccc4nn(C)cc4c3)nc3cnc(NCC(F)(F)F)nc32)c1. The molecule has 0 unspecified atom stereocenters. The Balaban J connectivity index is 1.74. The quantitative estimate of drug-likeness (QED) is 0.409. The highest BCUT2D eigenvalue weighted by Crippen LogP contribution is 2.25. The zero-order valence-corrected chi connectivity index (χ0v) is 18.5. The molecule has 35 heavy (non-hydrogen) atoms. The first-order valence-electron chi connectivity index (χ1n) is 10.4. The zero-order valence-electron chi connectivity index (χ0n) is 18.5. The maximum atomic E-state index is 13.7. The van der Waals surface area contributed by atoms with Gasteiger partial charge in [-0.1, -0.05) is 12.1 Å². The van der Waals surface area contributed by atoms with E-state index in [1.807, 2.05) is 6.20 Å². The number of aryl methyl sites for hydroxylation is 1. The summed E-state index contributed by atoms with van der Waals surface area (Å²) in [6.07, 6.45) is -1.36. The van der Waals surface area contributed by atoms with Crippen molar-refractivity contribution in [1.82, 2.24) is 29.3 Å². The van der Waals surface area contributed by atoms with E-state index >= 15 is 0 Å². The number of anilines is 1. The van der Waals surface area contributed by atoms with Crippen molar-refractivity contribution >= 4 is 28.0 Å². The second-order valence-electron chi connectivity index (χ2n) is 7.75. The summed E-state index contributed by atoms with van der Waals surface area (Å²) >= 11 is 0. The number of nitrogens with one attached hydrogen (secondary N) is 1. The molecule has 0 aliphatic carbocycles. The van der Waals surface area contributed by atoms with Crippen molar-refractivity contribution in [2.24, 2.45) is 7.05 Å². The number of rotatable bonds is 5. The molecular weight excluding hydrogens is 463 g/mol. The molecule has 0 fully saturated rings. The van der Waals surface area contributed by atoms with Gasteiger partial charge in [0, 0.05) is 30.3 Å². The van der Waals surface area contributed by atoms with Crippen LogP contribution in [0.5, 0.6) is 5.75 Å². The lowest BCUT2D eigenvalue weighted by atomic mass is 10.1. The molecule has 5 rings (SSSR count). The molecule has 0 aliphatic heterocycles. The van der Waals surface area contributed by atoms with E-state index in [-0.39, 0.29) is 22.8 Å². The molecule has 9 nitrogen and oxygen atoms in total. The minimum Gasteiger partial charge on any atom is -0.497 e. The maximum absolute atomic E-state index is 13.7. The van der Waals surface area contributed by atoms with Crippen molar-refractivity contribution in [3.63, 3.8) is 0 Å². The lowest BCUT2D eigenvalue weighted by Crippen LogP contribution is -2.25. The monoisotopic (exact) mass is 481 g/mol. The number of benzene rings is 2. The van der Waals surface area contributed by atoms with Crippen LogP contribution in [0.2, 0.25) is 0 Å². The summed E-state index contributed by atoms with van der Waals surface area (Å²) in [6, 6.07) is 12.0. The molecule has 1 N–H and O–H groups in total. The average Bonchev–Trinajstić information content (AvgIpc) is 3.21. The van der Waals surface area contributed by atoms with Gasteiger partial charge in [0.05, 0.1) is 24.5 Å². The van der Waals surface area contributed by atoms with E-state index in [1.54, 1.807) is 54.2 Å². The molecular formula is C23H18F3N7O2. The first-order chi connectivity index (χ1) is 16.7. The van der Waals surface area contributed by atoms with Crippen molar-refractivity contribution in [2.45, 2.75) is 6.18 Å². The number of hydrogen-bond acceptors (Lipinski definition) is 7. The van der Waals surface area contributed by atoms with Crippen LogP contribution >= 0.6 is 0 Å². The number of hydrogen-bond donors (Lipinski definition) is 1. The second kappa shape index (κ2) is 8.38. The average molecular weight is 481 g/mol. The van der Waals surface area contributed by atoms with Crippen LogP contribution in [-0.4, -0.2) is 49.1 Å². The maximum Gasteiger partial charge on any atom is 0.405 e. The fourth-order valence-electron chi connectivity index (χ4n) is 3.72. The predicted molar refractivity (Wildman–Crippen MR) is 124 cm³/mol. The van der Waals surface area contributed by atoms with Gasteiger partial charge in [0.25, 0.3) is 5.56 Å². The highest BCUT2D eigenvalue weighted by molar-refractivity contribution is 5.84. The van der Waals surface area contributed by atoms with Crippen molar-refractivity contribution in [3.8, 4) is 22.7 Å². The molecule has 3 heterocycles. The third kappa shape index (κ3) is 4.37. The number of halogens is 3. The van der Waals surface area contributed by atoms with Crippen molar-refractivity contribution in [2.75, 3.05) is 19.0 Å². The molecule has 0 spiro atoms. The number of nitrogens with zero attached hydrogens (tertiary/aromatic N) is 6. The van der Waals surface area contributed by atoms with E-state index in [1.165, 1.54) is 17.9 Å². The van der Waals surface area contributed by atoms with Gasteiger partial charge >= 0.3 is 6.18 Å². The Kier molecular flexibility index (Phi) is 5.35. The van der Waals surface area contributed by atoms with Gasteiger partial charge < -0.3 is 10.1 Å². The molecule has 3 aromatic heterocycles. The molecule has 0 atom stereocenters. The molecule has 0 saturated heterocycles. The first kappa shape index (κ1) is 22.3. The highest BCUT2D eigenvalue weighted by atomic mass is 19.4. The van der Waals surface area contributed by atoms with E-state index in [2.05, 4.69) is 25.4 Å². The van der Waals surface area contributed by atoms with Crippen molar-refractivity contribution in [3.05, 3.63) is 65.2 Å². The number of fused-ring (bicyclic) bond motifs is 2. The Morgan fingerprint density at radius 2 is 1.91 bits per heavy atom. The Hall–Kier alpha value is -4.48. The van der Waals surface area contributed by atoms with Crippen LogP contribution in [0.4, 0.5) is 19.1 Å². The van der Waals surface area contributed by atoms with E-state index in [4.69, 9.17) is 4.74 Å². The minimum atomic E-state index is -4.46. The molecule has 178 valence electrons. The second-order valence-corrected chi connectivity index (χ2v) is 7.75. The Morgan fingerprint density at radius 1 is 1.09 bits per heavy atom. The van der Waals surface area contributed by atoms with Gasteiger partial charge in [-0.25, -0.2) is 9.97 Å². The summed E-state index contributed by atoms with van der Waals surface area (Å²) in [6.45, 7) is -1.32. The molecule has 0 bridgehead atoms. The predicted octanol–water partition coefficient (Wildman–Crippen LogP) is 3.71. The van der Waals surface area contributed by atoms with Gasteiger partial charge in [0.2, 0.25) is 5.95 Å². The van der Waals surface area contributed by atoms with E-state index in [0.717, 1.165) is 10.9 Å². The lowest BCUT2D eigenvalue weighted by Gasteiger charge is -2.14.